The quantitative estimate of drug-likeness (QED) is 0.166. The summed E-state index contributed by atoms with van der Waals surface area (Å²) in [5, 5.41) is 0. The van der Waals surface area contributed by atoms with E-state index in [-0.39, 0.29) is 0 Å². The maximum absolute atomic E-state index is 12.9. The molecule has 1 nitrogen and oxygen atoms in total. The van der Waals surface area contributed by atoms with Crippen molar-refractivity contribution in [3.05, 3.63) is 12.7 Å². The lowest BCUT2D eigenvalue weighted by molar-refractivity contribution is 0.563. The Kier molecular flexibility index (Phi) is 14.9. The molecule has 0 aromatic heterocycles. The second kappa shape index (κ2) is 14.9. The Hall–Kier alpha value is -0.0300. The Balaban J connectivity index is 3.78. The lowest BCUT2D eigenvalue weighted by atomic mass is 10.1. The van der Waals surface area contributed by atoms with Crippen LogP contribution in [0, 0.1) is 0 Å². The largest absolute Gasteiger partial charge is 0.323 e. The van der Waals surface area contributed by atoms with E-state index < -0.39 is 7.14 Å². The van der Waals surface area contributed by atoms with Crippen molar-refractivity contribution in [2.45, 2.75) is 90.9 Å². The third kappa shape index (κ3) is 13.4. The summed E-state index contributed by atoms with van der Waals surface area (Å²) in [5.41, 5.74) is 0. The molecule has 0 atom stereocenters. The molecule has 0 amide bonds. The van der Waals surface area contributed by atoms with Gasteiger partial charge in [0, 0.05) is 18.5 Å². The third-order valence-corrected chi connectivity index (χ3v) is 7.49. The van der Waals surface area contributed by atoms with Gasteiger partial charge in [-0.3, -0.25) is 0 Å². The van der Waals surface area contributed by atoms with Crippen LogP contribution in [0.3, 0.4) is 0 Å². The molecule has 0 saturated heterocycles. The number of allylic oxidation sites excluding steroid dienone is 1. The molecule has 0 aliphatic rings. The van der Waals surface area contributed by atoms with E-state index in [9.17, 15) is 4.57 Å². The van der Waals surface area contributed by atoms with Crippen LogP contribution < -0.4 is 0 Å². The molecule has 0 radical (unpaired) electrons. The number of hydrogen-bond donors (Lipinski definition) is 0. The molecular weight excluding hydrogens is 275 g/mol. The van der Waals surface area contributed by atoms with Crippen molar-refractivity contribution < 1.29 is 4.57 Å². The van der Waals surface area contributed by atoms with E-state index in [0.717, 1.165) is 31.3 Å². The van der Waals surface area contributed by atoms with Gasteiger partial charge in [-0.05, 0) is 12.8 Å². The highest BCUT2D eigenvalue weighted by atomic mass is 31.2. The van der Waals surface area contributed by atoms with Crippen molar-refractivity contribution in [3.8, 4) is 0 Å². The summed E-state index contributed by atoms with van der Waals surface area (Å²) in [6, 6.07) is 0. The zero-order valence-corrected chi connectivity index (χ0v) is 15.6. The van der Waals surface area contributed by atoms with Gasteiger partial charge in [0.15, 0.2) is 0 Å². The standard InChI is InChI=1S/C19H39OP/c1-4-7-9-11-13-15-18-21(20,17-6-3)19-16-14-12-10-8-5-2/h6H,3-5,7-19H2,1-2H3. The van der Waals surface area contributed by atoms with Crippen molar-refractivity contribution in [2.24, 2.45) is 0 Å². The minimum absolute atomic E-state index is 0.761. The Morgan fingerprint density at radius 1 is 0.714 bits per heavy atom. The molecule has 2 heteroatoms. The zero-order chi connectivity index (χ0) is 15.8. The van der Waals surface area contributed by atoms with Crippen LogP contribution in [0.25, 0.3) is 0 Å². The summed E-state index contributed by atoms with van der Waals surface area (Å²) in [4.78, 5) is 0. The molecule has 0 aliphatic heterocycles. The minimum atomic E-state index is -1.95. The normalized spacial score (nSPS) is 11.7. The van der Waals surface area contributed by atoms with Gasteiger partial charge in [0.05, 0.1) is 7.14 Å². The monoisotopic (exact) mass is 314 g/mol. The summed E-state index contributed by atoms with van der Waals surface area (Å²) in [6.07, 6.45) is 20.0. The van der Waals surface area contributed by atoms with Crippen molar-refractivity contribution >= 4 is 7.14 Å². The number of unbranched alkanes of at least 4 members (excludes halogenated alkanes) is 10. The Bertz CT molecular complexity index is 253. The molecule has 0 N–H and O–H groups in total. The van der Waals surface area contributed by atoms with Crippen LogP contribution in [0.5, 0.6) is 0 Å². The van der Waals surface area contributed by atoms with Gasteiger partial charge in [0.1, 0.15) is 0 Å². The first-order chi connectivity index (χ1) is 10.2. The lowest BCUT2D eigenvalue weighted by Gasteiger charge is -2.16. The molecule has 0 heterocycles. The minimum Gasteiger partial charge on any atom is -0.323 e. The van der Waals surface area contributed by atoms with Gasteiger partial charge in [-0.25, -0.2) is 0 Å². The molecule has 0 aromatic rings. The van der Waals surface area contributed by atoms with Gasteiger partial charge < -0.3 is 4.57 Å². The number of rotatable bonds is 16. The summed E-state index contributed by atoms with van der Waals surface area (Å²) >= 11 is 0. The predicted octanol–water partition coefficient (Wildman–Crippen LogP) is 7.26. The zero-order valence-electron chi connectivity index (χ0n) is 14.7. The third-order valence-electron chi connectivity index (χ3n) is 4.30. The molecule has 0 aliphatic carbocycles. The summed E-state index contributed by atoms with van der Waals surface area (Å²) in [6.45, 7) is 8.31. The van der Waals surface area contributed by atoms with E-state index in [1.807, 2.05) is 6.08 Å². The first kappa shape index (κ1) is 21.0. The number of hydrogen-bond acceptors (Lipinski definition) is 1. The Morgan fingerprint density at radius 3 is 1.48 bits per heavy atom. The van der Waals surface area contributed by atoms with Crippen molar-refractivity contribution in [1.82, 2.24) is 0 Å². The van der Waals surface area contributed by atoms with Crippen LogP contribution in [0.15, 0.2) is 12.7 Å². The fraction of sp³-hybridized carbons (Fsp3) is 0.895. The summed E-state index contributed by atoms with van der Waals surface area (Å²) < 4.78 is 12.9. The predicted molar refractivity (Wildman–Crippen MR) is 99.2 cm³/mol. The highest BCUT2D eigenvalue weighted by molar-refractivity contribution is 7.64. The molecule has 126 valence electrons. The molecule has 0 bridgehead atoms. The Morgan fingerprint density at radius 2 is 1.10 bits per heavy atom. The maximum atomic E-state index is 12.9. The van der Waals surface area contributed by atoms with Crippen LogP contribution in [0.4, 0.5) is 0 Å². The Labute approximate surface area is 134 Å². The molecule has 0 fully saturated rings. The summed E-state index contributed by atoms with van der Waals surface area (Å²) in [7, 11) is -1.95. The second-order valence-corrected chi connectivity index (χ2v) is 9.89. The smallest absolute Gasteiger partial charge is 0.0913 e. The molecule has 0 rings (SSSR count). The van der Waals surface area contributed by atoms with E-state index in [1.165, 1.54) is 64.2 Å². The van der Waals surface area contributed by atoms with Crippen LogP contribution in [0.1, 0.15) is 90.9 Å². The van der Waals surface area contributed by atoms with E-state index in [1.54, 1.807) is 0 Å². The fourth-order valence-corrected chi connectivity index (χ4v) is 5.55. The van der Waals surface area contributed by atoms with E-state index in [2.05, 4.69) is 20.4 Å². The second-order valence-electron chi connectivity index (χ2n) is 6.51. The van der Waals surface area contributed by atoms with Crippen LogP contribution in [-0.2, 0) is 4.57 Å². The summed E-state index contributed by atoms with van der Waals surface area (Å²) in [5.74, 6) is 0. The molecule has 0 unspecified atom stereocenters. The van der Waals surface area contributed by atoms with Crippen LogP contribution in [0.2, 0.25) is 0 Å². The molecule has 0 aromatic carbocycles. The van der Waals surface area contributed by atoms with E-state index >= 15 is 0 Å². The average molecular weight is 314 g/mol. The first-order valence-corrected chi connectivity index (χ1v) is 11.6. The van der Waals surface area contributed by atoms with Crippen molar-refractivity contribution in [2.75, 3.05) is 18.5 Å². The maximum Gasteiger partial charge on any atom is 0.0913 e. The van der Waals surface area contributed by atoms with Gasteiger partial charge >= 0.3 is 0 Å². The lowest BCUT2D eigenvalue weighted by Crippen LogP contribution is -2.00. The highest BCUT2D eigenvalue weighted by Crippen LogP contribution is 2.47. The molecule has 0 saturated carbocycles. The van der Waals surface area contributed by atoms with Gasteiger partial charge in [0.2, 0.25) is 0 Å². The fourth-order valence-electron chi connectivity index (χ4n) is 2.89. The SMILES string of the molecule is C=CCP(=O)(CCCCCCCC)CCCCCCCC. The van der Waals surface area contributed by atoms with Gasteiger partial charge in [-0.15, -0.1) is 6.58 Å². The van der Waals surface area contributed by atoms with Gasteiger partial charge in [-0.1, -0.05) is 84.1 Å². The van der Waals surface area contributed by atoms with E-state index in [0.29, 0.717) is 0 Å². The van der Waals surface area contributed by atoms with Crippen molar-refractivity contribution in [1.29, 1.82) is 0 Å². The van der Waals surface area contributed by atoms with Crippen LogP contribution >= 0.6 is 7.14 Å². The van der Waals surface area contributed by atoms with Gasteiger partial charge in [-0.2, -0.15) is 0 Å². The highest BCUT2D eigenvalue weighted by Gasteiger charge is 2.19. The average Bonchev–Trinajstić information content (AvgIpc) is 2.47. The topological polar surface area (TPSA) is 17.1 Å². The van der Waals surface area contributed by atoms with Gasteiger partial charge in [0.25, 0.3) is 0 Å². The molecular formula is C19H39OP. The van der Waals surface area contributed by atoms with Crippen molar-refractivity contribution in [3.63, 3.8) is 0 Å². The first-order valence-electron chi connectivity index (χ1n) is 9.36. The van der Waals surface area contributed by atoms with Crippen LogP contribution in [-0.4, -0.2) is 18.5 Å². The molecule has 21 heavy (non-hydrogen) atoms. The van der Waals surface area contributed by atoms with E-state index in [4.69, 9.17) is 0 Å². The molecule has 0 spiro atoms.